The molecule has 4 aromatic rings. The molecule has 5 nitrogen and oxygen atoms in total. The first-order valence-electron chi connectivity index (χ1n) is 13.3. The number of carbonyl (C=O) groups is 1. The molecule has 198 valence electrons. The number of amides is 1. The first-order valence-corrected chi connectivity index (χ1v) is 13.3. The highest BCUT2D eigenvalue weighted by Crippen LogP contribution is 2.29. The molecule has 1 amide bonds. The Hall–Kier alpha value is -4.19. The zero-order chi connectivity index (χ0) is 26.7. The van der Waals surface area contributed by atoms with Crippen LogP contribution in [-0.4, -0.2) is 35.8 Å². The Labute approximate surface area is 230 Å². The monoisotopic (exact) mass is 519 g/mol. The van der Waals surface area contributed by atoms with E-state index in [-0.39, 0.29) is 30.9 Å². The van der Waals surface area contributed by atoms with Crippen LogP contribution < -0.4 is 0 Å². The zero-order valence-corrected chi connectivity index (χ0v) is 21.8. The fourth-order valence-corrected chi connectivity index (χ4v) is 4.70. The van der Waals surface area contributed by atoms with Crippen LogP contribution in [0.25, 0.3) is 6.08 Å². The number of benzene rings is 4. The van der Waals surface area contributed by atoms with Gasteiger partial charge in [-0.25, -0.2) is 4.79 Å². The van der Waals surface area contributed by atoms with Gasteiger partial charge < -0.3 is 14.2 Å². The van der Waals surface area contributed by atoms with E-state index in [1.165, 1.54) is 0 Å². The molecule has 5 rings (SSSR count). The van der Waals surface area contributed by atoms with Gasteiger partial charge in [-0.05, 0) is 22.3 Å². The summed E-state index contributed by atoms with van der Waals surface area (Å²) in [6.45, 7) is 1.41. The van der Waals surface area contributed by atoms with Crippen molar-refractivity contribution in [3.05, 3.63) is 150 Å². The van der Waals surface area contributed by atoms with E-state index in [9.17, 15) is 4.79 Å². The summed E-state index contributed by atoms with van der Waals surface area (Å²) >= 11 is 0. The first-order chi connectivity index (χ1) is 19.3. The molecular formula is C34H33NO4. The maximum Gasteiger partial charge on any atom is 0.410 e. The fourth-order valence-electron chi connectivity index (χ4n) is 4.70. The first kappa shape index (κ1) is 26.4. The minimum atomic E-state index is -0.388. The molecule has 5 heteroatoms. The minimum absolute atomic E-state index is 0.205. The van der Waals surface area contributed by atoms with Gasteiger partial charge in [0.05, 0.1) is 25.8 Å². The van der Waals surface area contributed by atoms with Crippen molar-refractivity contribution in [2.45, 2.75) is 38.1 Å². The van der Waals surface area contributed by atoms with Gasteiger partial charge in [0.2, 0.25) is 0 Å². The predicted molar refractivity (Wildman–Crippen MR) is 153 cm³/mol. The third-order valence-electron chi connectivity index (χ3n) is 6.76. The van der Waals surface area contributed by atoms with Crippen LogP contribution >= 0.6 is 0 Å². The van der Waals surface area contributed by atoms with Crippen molar-refractivity contribution < 1.29 is 19.0 Å². The number of rotatable bonds is 10. The average Bonchev–Trinajstić information content (AvgIpc) is 3.36. The molecule has 0 radical (unpaired) electrons. The molecule has 1 fully saturated rings. The lowest BCUT2D eigenvalue weighted by molar-refractivity contribution is -0.0658. The normalized spacial score (nSPS) is 18.9. The molecule has 1 heterocycles. The van der Waals surface area contributed by atoms with Crippen molar-refractivity contribution in [1.29, 1.82) is 0 Å². The molecule has 1 saturated heterocycles. The number of carbonyl (C=O) groups excluding carboxylic acids is 1. The van der Waals surface area contributed by atoms with Crippen LogP contribution in [0, 0.1) is 0 Å². The summed E-state index contributed by atoms with van der Waals surface area (Å²) in [5, 5.41) is 0. The van der Waals surface area contributed by atoms with Crippen LogP contribution in [0.5, 0.6) is 0 Å². The van der Waals surface area contributed by atoms with Gasteiger partial charge in [0.15, 0.2) is 0 Å². The van der Waals surface area contributed by atoms with Crippen molar-refractivity contribution >= 4 is 12.2 Å². The number of hydrogen-bond donors (Lipinski definition) is 0. The Balaban J connectivity index is 1.38. The highest BCUT2D eigenvalue weighted by molar-refractivity contribution is 5.70. The Morgan fingerprint density at radius 1 is 0.667 bits per heavy atom. The summed E-state index contributed by atoms with van der Waals surface area (Å²) in [7, 11) is 0. The zero-order valence-electron chi connectivity index (χ0n) is 21.8. The molecule has 0 aromatic heterocycles. The van der Waals surface area contributed by atoms with Gasteiger partial charge in [0.1, 0.15) is 18.8 Å². The van der Waals surface area contributed by atoms with Crippen LogP contribution in [0.4, 0.5) is 4.79 Å². The highest BCUT2D eigenvalue weighted by Gasteiger charge is 2.45. The number of likely N-dealkylation sites (tertiary alicyclic amines) is 1. The molecule has 4 aromatic carbocycles. The maximum absolute atomic E-state index is 13.4. The summed E-state index contributed by atoms with van der Waals surface area (Å²) < 4.78 is 18.7. The van der Waals surface area contributed by atoms with Gasteiger partial charge in [-0.1, -0.05) is 133 Å². The van der Waals surface area contributed by atoms with Gasteiger partial charge in [-0.15, -0.1) is 0 Å². The van der Waals surface area contributed by atoms with Gasteiger partial charge >= 0.3 is 6.09 Å². The summed E-state index contributed by atoms with van der Waals surface area (Å²) in [6, 6.07) is 39.5. The molecule has 0 unspecified atom stereocenters. The Bertz CT molecular complexity index is 1310. The Morgan fingerprint density at radius 2 is 1.15 bits per heavy atom. The molecule has 0 saturated carbocycles. The highest BCUT2D eigenvalue weighted by atomic mass is 16.6. The number of nitrogens with zero attached hydrogens (tertiary/aromatic N) is 1. The van der Waals surface area contributed by atoms with Crippen molar-refractivity contribution in [2.24, 2.45) is 0 Å². The van der Waals surface area contributed by atoms with E-state index in [0.717, 1.165) is 22.3 Å². The minimum Gasteiger partial charge on any atom is -0.445 e. The number of hydrogen-bond acceptors (Lipinski definition) is 4. The van der Waals surface area contributed by atoms with Crippen molar-refractivity contribution in [1.82, 2.24) is 4.90 Å². The topological polar surface area (TPSA) is 48.0 Å². The van der Waals surface area contributed by atoms with E-state index in [4.69, 9.17) is 14.2 Å². The predicted octanol–water partition coefficient (Wildman–Crippen LogP) is 6.89. The van der Waals surface area contributed by atoms with Gasteiger partial charge in [0.25, 0.3) is 0 Å². The SMILES string of the molecule is O=C(OCc1ccccc1)N1C[C@@H](OCc2ccccc2)[C@H](OCc2ccccc2)[C@H]1/C=C\c1ccccc1. The smallest absolute Gasteiger partial charge is 0.410 e. The van der Waals surface area contributed by atoms with Gasteiger partial charge in [-0.3, -0.25) is 4.90 Å². The van der Waals surface area contributed by atoms with E-state index in [0.29, 0.717) is 19.8 Å². The molecule has 0 aliphatic carbocycles. The largest absolute Gasteiger partial charge is 0.445 e. The standard InChI is InChI=1S/C34H33NO4/c36-34(39-26-30-19-11-4-12-20-30)35-23-32(37-24-28-15-7-2-8-16-28)33(38-25-29-17-9-3-10-18-29)31(35)22-21-27-13-5-1-6-14-27/h1-22,31-33H,23-26H2/b22-21-/t31-,32-,33-/m1/s1. The molecule has 0 N–H and O–H groups in total. The summed E-state index contributed by atoms with van der Waals surface area (Å²) in [5.74, 6) is 0. The summed E-state index contributed by atoms with van der Waals surface area (Å²) in [5.41, 5.74) is 4.12. The second-order valence-electron chi connectivity index (χ2n) is 9.55. The molecule has 1 aliphatic rings. The summed E-state index contributed by atoms with van der Waals surface area (Å²) in [6.07, 6.45) is 2.96. The lowest BCUT2D eigenvalue weighted by Crippen LogP contribution is -2.40. The number of ether oxygens (including phenoxy) is 3. The Morgan fingerprint density at radius 3 is 1.72 bits per heavy atom. The quantitative estimate of drug-likeness (QED) is 0.229. The van der Waals surface area contributed by atoms with E-state index in [1.54, 1.807) is 4.90 Å². The van der Waals surface area contributed by atoms with Crippen molar-refractivity contribution in [3.63, 3.8) is 0 Å². The van der Waals surface area contributed by atoms with Gasteiger partial charge in [0, 0.05) is 0 Å². The summed E-state index contributed by atoms with van der Waals surface area (Å²) in [4.78, 5) is 15.2. The lowest BCUT2D eigenvalue weighted by Gasteiger charge is -2.26. The van der Waals surface area contributed by atoms with Crippen LogP contribution in [0.3, 0.4) is 0 Å². The second-order valence-corrected chi connectivity index (χ2v) is 9.55. The Kier molecular flexibility index (Phi) is 9.18. The lowest BCUT2D eigenvalue weighted by atomic mass is 10.1. The van der Waals surface area contributed by atoms with E-state index in [1.807, 2.05) is 133 Å². The molecule has 1 aliphatic heterocycles. The van der Waals surface area contributed by atoms with Crippen LogP contribution in [0.15, 0.2) is 127 Å². The molecule has 0 bridgehead atoms. The molecule has 0 spiro atoms. The molecule has 39 heavy (non-hydrogen) atoms. The second kappa shape index (κ2) is 13.6. The maximum atomic E-state index is 13.4. The van der Waals surface area contributed by atoms with Gasteiger partial charge in [-0.2, -0.15) is 0 Å². The average molecular weight is 520 g/mol. The third-order valence-corrected chi connectivity index (χ3v) is 6.76. The van der Waals surface area contributed by atoms with E-state index < -0.39 is 0 Å². The van der Waals surface area contributed by atoms with Crippen LogP contribution in [0.2, 0.25) is 0 Å². The van der Waals surface area contributed by atoms with Crippen molar-refractivity contribution in [3.8, 4) is 0 Å². The van der Waals surface area contributed by atoms with Crippen LogP contribution in [-0.2, 0) is 34.0 Å². The van der Waals surface area contributed by atoms with E-state index >= 15 is 0 Å². The molecular weight excluding hydrogens is 486 g/mol. The molecule has 3 atom stereocenters. The van der Waals surface area contributed by atoms with E-state index in [2.05, 4.69) is 0 Å². The van der Waals surface area contributed by atoms with Crippen LogP contribution in [0.1, 0.15) is 22.3 Å². The third kappa shape index (κ3) is 7.44. The fraction of sp³-hybridized carbons (Fsp3) is 0.206. The van der Waals surface area contributed by atoms with Crippen molar-refractivity contribution in [2.75, 3.05) is 6.54 Å².